The third-order valence-corrected chi connectivity index (χ3v) is 5.39. The highest BCUT2D eigenvalue weighted by Crippen LogP contribution is 2.25. The van der Waals surface area contributed by atoms with E-state index < -0.39 is 0 Å². The number of fused-ring (bicyclic) bond motifs is 4. The maximum Gasteiger partial charge on any atom is 0.251 e. The van der Waals surface area contributed by atoms with Crippen LogP contribution in [0.4, 0.5) is 11.6 Å². The van der Waals surface area contributed by atoms with Gasteiger partial charge in [0, 0.05) is 37.8 Å². The van der Waals surface area contributed by atoms with E-state index in [1.165, 1.54) is 32.4 Å². The molecule has 0 atom stereocenters. The van der Waals surface area contributed by atoms with Crippen LogP contribution >= 0.6 is 0 Å². The number of nitrogens with zero attached hydrogens (tertiary/aromatic N) is 4. The van der Waals surface area contributed by atoms with Gasteiger partial charge < -0.3 is 15.1 Å². The summed E-state index contributed by atoms with van der Waals surface area (Å²) in [6.07, 6.45) is 12.1. The van der Waals surface area contributed by atoms with Gasteiger partial charge in [0.2, 0.25) is 5.95 Å². The fraction of sp³-hybridized carbons (Fsp3) is 0.611. The third-order valence-electron chi connectivity index (χ3n) is 5.39. The lowest BCUT2D eigenvalue weighted by Gasteiger charge is -2.31. The molecule has 3 aliphatic heterocycles. The predicted octanol–water partition coefficient (Wildman–Crippen LogP) is 2.20. The second kappa shape index (κ2) is 6.89. The van der Waals surface area contributed by atoms with Gasteiger partial charge in [-0.15, -0.1) is 0 Å². The Morgan fingerprint density at radius 3 is 2.58 bits per heavy atom. The monoisotopic (exact) mass is 327 g/mol. The van der Waals surface area contributed by atoms with Crippen molar-refractivity contribution in [2.45, 2.75) is 44.6 Å². The van der Waals surface area contributed by atoms with Crippen LogP contribution in [0.2, 0.25) is 0 Å². The van der Waals surface area contributed by atoms with Crippen LogP contribution in [-0.4, -0.2) is 53.0 Å². The van der Waals surface area contributed by atoms with E-state index in [0.717, 1.165) is 43.9 Å². The molecule has 1 aromatic rings. The normalized spacial score (nSPS) is 26.7. The molecular weight excluding hydrogens is 302 g/mol. The Morgan fingerprint density at radius 1 is 1.08 bits per heavy atom. The molecule has 128 valence electrons. The molecule has 0 saturated carbocycles. The Labute approximate surface area is 143 Å². The molecule has 4 heterocycles. The number of aromatic nitrogens is 2. The second-order valence-electron chi connectivity index (χ2n) is 6.97. The van der Waals surface area contributed by atoms with E-state index in [1.54, 1.807) is 12.4 Å². The Kier molecular flexibility index (Phi) is 4.47. The van der Waals surface area contributed by atoms with E-state index in [2.05, 4.69) is 31.2 Å². The average molecular weight is 327 g/mol. The summed E-state index contributed by atoms with van der Waals surface area (Å²) in [6, 6.07) is 0.552. The van der Waals surface area contributed by atoms with Crippen molar-refractivity contribution in [1.29, 1.82) is 0 Å². The molecule has 2 bridgehead atoms. The molecule has 0 radical (unpaired) electrons. The van der Waals surface area contributed by atoms with E-state index in [1.807, 2.05) is 0 Å². The lowest BCUT2D eigenvalue weighted by atomic mass is 9.99. The minimum Gasteiger partial charge on any atom is -0.336 e. The number of carbonyl (C=O) groups is 1. The minimum absolute atomic E-state index is 0.00717. The fourth-order valence-electron chi connectivity index (χ4n) is 3.94. The fourth-order valence-corrected chi connectivity index (χ4v) is 3.94. The number of amides is 1. The summed E-state index contributed by atoms with van der Waals surface area (Å²) in [6.45, 7) is 4.45. The van der Waals surface area contributed by atoms with Crippen LogP contribution in [0.25, 0.3) is 0 Å². The zero-order valence-electron chi connectivity index (χ0n) is 14.1. The summed E-state index contributed by atoms with van der Waals surface area (Å²) in [5, 5.41) is 2.93. The Balaban J connectivity index is 1.43. The first-order chi connectivity index (χ1) is 11.8. The van der Waals surface area contributed by atoms with Crippen LogP contribution in [0, 0.1) is 0 Å². The molecule has 0 aromatic carbocycles. The molecule has 6 nitrogen and oxygen atoms in total. The van der Waals surface area contributed by atoms with Crippen LogP contribution in [0.5, 0.6) is 0 Å². The van der Waals surface area contributed by atoms with Crippen molar-refractivity contribution in [3.63, 3.8) is 0 Å². The summed E-state index contributed by atoms with van der Waals surface area (Å²) in [5.74, 6) is 0.783. The van der Waals surface area contributed by atoms with Crippen molar-refractivity contribution < 1.29 is 4.79 Å². The first-order valence-electron chi connectivity index (χ1n) is 9.11. The largest absolute Gasteiger partial charge is 0.336 e. The van der Waals surface area contributed by atoms with Gasteiger partial charge in [0.1, 0.15) is 0 Å². The van der Waals surface area contributed by atoms with Crippen molar-refractivity contribution in [2.24, 2.45) is 0 Å². The van der Waals surface area contributed by atoms with Crippen molar-refractivity contribution in [3.8, 4) is 0 Å². The van der Waals surface area contributed by atoms with Crippen LogP contribution in [0.3, 0.4) is 0 Å². The van der Waals surface area contributed by atoms with Gasteiger partial charge in [0.15, 0.2) is 0 Å². The number of carbonyl (C=O) groups excluding carboxylic acids is 1. The topological polar surface area (TPSA) is 61.4 Å². The van der Waals surface area contributed by atoms with Crippen LogP contribution in [0.15, 0.2) is 24.0 Å². The van der Waals surface area contributed by atoms with E-state index in [-0.39, 0.29) is 5.91 Å². The van der Waals surface area contributed by atoms with Crippen molar-refractivity contribution >= 4 is 17.5 Å². The highest BCUT2D eigenvalue weighted by Gasteiger charge is 2.30. The molecule has 5 rings (SSSR count). The maximum atomic E-state index is 12.3. The molecule has 1 amide bonds. The standard InChI is InChI=1S/C18H25N5O/c24-17(14-4-2-1-3-5-14)21-15-12-19-18(20-13-15)23-11-10-22-8-6-16(23)7-9-22/h4,12-13,16H,1-3,5-11H2,(H,21,24). The van der Waals surface area contributed by atoms with E-state index >= 15 is 0 Å². The second-order valence-corrected chi connectivity index (χ2v) is 6.97. The van der Waals surface area contributed by atoms with E-state index in [9.17, 15) is 4.79 Å². The molecule has 4 aliphatic rings. The SMILES string of the molecule is O=C(Nc1cnc(N2CCN3CCC2CC3)nc1)C1=CCCCC1. The molecule has 1 aliphatic carbocycles. The van der Waals surface area contributed by atoms with Gasteiger partial charge in [0.05, 0.1) is 18.1 Å². The summed E-state index contributed by atoms with van der Waals surface area (Å²) >= 11 is 0. The Hall–Kier alpha value is -1.95. The number of piperidine rings is 1. The number of rotatable bonds is 3. The lowest BCUT2D eigenvalue weighted by molar-refractivity contribution is -0.113. The van der Waals surface area contributed by atoms with Crippen LogP contribution < -0.4 is 10.2 Å². The number of nitrogens with one attached hydrogen (secondary N) is 1. The highest BCUT2D eigenvalue weighted by atomic mass is 16.1. The molecule has 1 aromatic heterocycles. The zero-order chi connectivity index (χ0) is 16.4. The zero-order valence-corrected chi connectivity index (χ0v) is 14.1. The van der Waals surface area contributed by atoms with Crippen LogP contribution in [-0.2, 0) is 4.79 Å². The molecule has 1 N–H and O–H groups in total. The van der Waals surface area contributed by atoms with Crippen molar-refractivity contribution in [2.75, 3.05) is 36.4 Å². The summed E-state index contributed by atoms with van der Waals surface area (Å²) in [7, 11) is 0. The quantitative estimate of drug-likeness (QED) is 0.922. The van der Waals surface area contributed by atoms with Gasteiger partial charge >= 0.3 is 0 Å². The molecular formula is C18H25N5O. The number of anilines is 2. The van der Waals surface area contributed by atoms with Gasteiger partial charge in [0.25, 0.3) is 5.91 Å². The van der Waals surface area contributed by atoms with Gasteiger partial charge in [-0.2, -0.15) is 0 Å². The smallest absolute Gasteiger partial charge is 0.251 e. The molecule has 6 heteroatoms. The average Bonchev–Trinajstić information content (AvgIpc) is 2.97. The van der Waals surface area contributed by atoms with Gasteiger partial charge in [-0.3, -0.25) is 4.79 Å². The lowest BCUT2D eigenvalue weighted by Crippen LogP contribution is -2.38. The molecule has 24 heavy (non-hydrogen) atoms. The molecule has 0 unspecified atom stereocenters. The van der Waals surface area contributed by atoms with Gasteiger partial charge in [-0.25, -0.2) is 9.97 Å². The first kappa shape index (κ1) is 15.6. The number of allylic oxidation sites excluding steroid dienone is 1. The Morgan fingerprint density at radius 2 is 1.88 bits per heavy atom. The minimum atomic E-state index is -0.00717. The van der Waals surface area contributed by atoms with Crippen molar-refractivity contribution in [1.82, 2.24) is 14.9 Å². The van der Waals surface area contributed by atoms with Gasteiger partial charge in [-0.1, -0.05) is 6.08 Å². The Bertz CT molecular complexity index is 619. The van der Waals surface area contributed by atoms with Crippen LogP contribution in [0.1, 0.15) is 38.5 Å². The molecule has 3 fully saturated rings. The third kappa shape index (κ3) is 3.29. The number of hydrogen-bond acceptors (Lipinski definition) is 5. The summed E-state index contributed by atoms with van der Waals surface area (Å²) in [4.78, 5) is 26.1. The maximum absolute atomic E-state index is 12.3. The first-order valence-corrected chi connectivity index (χ1v) is 9.11. The van der Waals surface area contributed by atoms with E-state index in [0.29, 0.717) is 11.7 Å². The summed E-state index contributed by atoms with van der Waals surface area (Å²) < 4.78 is 0. The van der Waals surface area contributed by atoms with Crippen molar-refractivity contribution in [3.05, 3.63) is 24.0 Å². The molecule has 3 saturated heterocycles. The molecule has 0 spiro atoms. The van der Waals surface area contributed by atoms with Gasteiger partial charge in [-0.05, 0) is 38.5 Å². The highest BCUT2D eigenvalue weighted by molar-refractivity contribution is 6.03. The van der Waals surface area contributed by atoms with E-state index in [4.69, 9.17) is 0 Å². The predicted molar refractivity (Wildman–Crippen MR) is 94.0 cm³/mol. The number of hydrogen-bond donors (Lipinski definition) is 1. The summed E-state index contributed by atoms with van der Waals surface area (Å²) in [5.41, 5.74) is 1.57.